The molecule has 0 aliphatic heterocycles. The number of carbonyl (C=O) groups excluding carboxylic acids is 1. The molecule has 0 aromatic heterocycles. The maximum Gasteiger partial charge on any atom is 0.258 e. The number of nitrogens with one attached hydrogen (secondary N) is 1. The van der Waals surface area contributed by atoms with Crippen molar-refractivity contribution in [1.82, 2.24) is 5.32 Å². The van der Waals surface area contributed by atoms with E-state index < -0.39 is 0 Å². The van der Waals surface area contributed by atoms with Crippen LogP contribution in [-0.2, 0) is 4.79 Å². The summed E-state index contributed by atoms with van der Waals surface area (Å²) >= 11 is 0. The lowest BCUT2D eigenvalue weighted by atomic mass is 9.98. The second-order valence-electron chi connectivity index (χ2n) is 6.60. The summed E-state index contributed by atoms with van der Waals surface area (Å²) < 4.78 is 16.2. The maximum absolute atomic E-state index is 12.6. The van der Waals surface area contributed by atoms with Crippen molar-refractivity contribution in [2.75, 3.05) is 20.8 Å². The molecule has 0 bridgehead atoms. The van der Waals surface area contributed by atoms with Gasteiger partial charge in [-0.1, -0.05) is 42.5 Å². The van der Waals surface area contributed by atoms with Gasteiger partial charge >= 0.3 is 0 Å². The van der Waals surface area contributed by atoms with E-state index >= 15 is 0 Å². The van der Waals surface area contributed by atoms with Crippen LogP contribution in [-0.4, -0.2) is 26.7 Å². The van der Waals surface area contributed by atoms with E-state index in [2.05, 4.69) is 5.32 Å². The van der Waals surface area contributed by atoms with Crippen molar-refractivity contribution in [3.8, 4) is 17.2 Å². The van der Waals surface area contributed by atoms with Crippen LogP contribution in [0.15, 0.2) is 72.8 Å². The van der Waals surface area contributed by atoms with Gasteiger partial charge in [0.05, 0.1) is 20.3 Å². The van der Waals surface area contributed by atoms with Gasteiger partial charge < -0.3 is 19.5 Å². The summed E-state index contributed by atoms with van der Waals surface area (Å²) in [4.78, 5) is 12.6. The molecular weight excluding hydrogens is 366 g/mol. The first-order valence-electron chi connectivity index (χ1n) is 9.36. The number of hydrogen-bond donors (Lipinski definition) is 1. The molecule has 0 aliphatic carbocycles. The monoisotopic (exact) mass is 391 g/mol. The Kier molecular flexibility index (Phi) is 6.74. The standard InChI is InChI=1S/C24H25NO4/c1-17-6-4-5-7-22(17)29-16-23(26)25-24(18-8-12-20(27-2)13-9-18)19-10-14-21(28-3)15-11-19/h4-15,24H,16H2,1-3H3,(H,25,26). The third-order valence-corrected chi connectivity index (χ3v) is 4.66. The lowest BCUT2D eigenvalue weighted by Gasteiger charge is -2.21. The second kappa shape index (κ2) is 9.64. The highest BCUT2D eigenvalue weighted by Crippen LogP contribution is 2.26. The van der Waals surface area contributed by atoms with Crippen molar-refractivity contribution in [3.63, 3.8) is 0 Å². The third kappa shape index (κ3) is 5.29. The number of hydrogen-bond acceptors (Lipinski definition) is 4. The zero-order valence-corrected chi connectivity index (χ0v) is 16.8. The molecule has 1 amide bonds. The van der Waals surface area contributed by atoms with Gasteiger partial charge in [-0.2, -0.15) is 0 Å². The van der Waals surface area contributed by atoms with Crippen LogP contribution >= 0.6 is 0 Å². The Labute approximate surface area is 171 Å². The van der Waals surface area contributed by atoms with Gasteiger partial charge in [0, 0.05) is 0 Å². The van der Waals surface area contributed by atoms with Gasteiger partial charge in [-0.05, 0) is 53.9 Å². The molecule has 0 saturated carbocycles. The number of ether oxygens (including phenoxy) is 3. The minimum Gasteiger partial charge on any atom is -0.497 e. The molecule has 29 heavy (non-hydrogen) atoms. The molecule has 0 atom stereocenters. The fourth-order valence-corrected chi connectivity index (χ4v) is 3.02. The summed E-state index contributed by atoms with van der Waals surface area (Å²) in [7, 11) is 3.25. The predicted octanol–water partition coefficient (Wildman–Crippen LogP) is 4.30. The Morgan fingerprint density at radius 3 is 1.83 bits per heavy atom. The molecule has 0 aliphatic rings. The van der Waals surface area contributed by atoms with E-state index in [1.807, 2.05) is 79.7 Å². The average Bonchev–Trinajstić information content (AvgIpc) is 2.77. The van der Waals surface area contributed by atoms with E-state index in [0.717, 1.165) is 28.2 Å². The number of methoxy groups -OCH3 is 2. The minimum absolute atomic E-state index is 0.0618. The van der Waals surface area contributed by atoms with Gasteiger partial charge in [0.15, 0.2) is 6.61 Å². The van der Waals surface area contributed by atoms with Crippen molar-refractivity contribution in [2.45, 2.75) is 13.0 Å². The summed E-state index contributed by atoms with van der Waals surface area (Å²) in [5, 5.41) is 3.07. The van der Waals surface area contributed by atoms with Crippen molar-refractivity contribution >= 4 is 5.91 Å². The molecule has 0 saturated heterocycles. The number of benzene rings is 3. The summed E-state index contributed by atoms with van der Waals surface area (Å²) in [6.45, 7) is 1.89. The predicted molar refractivity (Wildman–Crippen MR) is 113 cm³/mol. The van der Waals surface area contributed by atoms with E-state index in [0.29, 0.717) is 5.75 Å². The largest absolute Gasteiger partial charge is 0.497 e. The quantitative estimate of drug-likeness (QED) is 0.622. The lowest BCUT2D eigenvalue weighted by Crippen LogP contribution is -2.33. The van der Waals surface area contributed by atoms with Gasteiger partial charge in [0.25, 0.3) is 5.91 Å². The Hall–Kier alpha value is -3.47. The number of rotatable bonds is 8. The number of amides is 1. The van der Waals surface area contributed by atoms with E-state index in [1.54, 1.807) is 14.2 Å². The summed E-state index contributed by atoms with van der Waals surface area (Å²) in [6.07, 6.45) is 0. The summed E-state index contributed by atoms with van der Waals surface area (Å²) in [5.41, 5.74) is 2.88. The van der Waals surface area contributed by atoms with Crippen LogP contribution in [0.1, 0.15) is 22.7 Å². The van der Waals surface area contributed by atoms with Crippen molar-refractivity contribution in [3.05, 3.63) is 89.5 Å². The zero-order chi connectivity index (χ0) is 20.6. The first kappa shape index (κ1) is 20.3. The fourth-order valence-electron chi connectivity index (χ4n) is 3.02. The molecule has 3 aromatic rings. The van der Waals surface area contributed by atoms with E-state index in [4.69, 9.17) is 14.2 Å². The molecule has 0 unspecified atom stereocenters. The molecule has 1 N–H and O–H groups in total. The van der Waals surface area contributed by atoms with Gasteiger partial charge in [0.1, 0.15) is 17.2 Å². The second-order valence-corrected chi connectivity index (χ2v) is 6.60. The molecular formula is C24H25NO4. The highest BCUT2D eigenvalue weighted by atomic mass is 16.5. The average molecular weight is 391 g/mol. The smallest absolute Gasteiger partial charge is 0.258 e. The highest BCUT2D eigenvalue weighted by Gasteiger charge is 2.18. The Bertz CT molecular complexity index is 888. The molecule has 0 spiro atoms. The summed E-state index contributed by atoms with van der Waals surface area (Å²) in [5.74, 6) is 2.02. The van der Waals surface area contributed by atoms with Gasteiger partial charge in [-0.25, -0.2) is 0 Å². The Morgan fingerprint density at radius 2 is 1.34 bits per heavy atom. The van der Waals surface area contributed by atoms with E-state index in [1.165, 1.54) is 0 Å². The number of carbonyl (C=O) groups is 1. The normalized spacial score (nSPS) is 10.5. The molecule has 5 nitrogen and oxygen atoms in total. The third-order valence-electron chi connectivity index (χ3n) is 4.66. The molecule has 5 heteroatoms. The topological polar surface area (TPSA) is 56.8 Å². The van der Waals surface area contributed by atoms with Crippen molar-refractivity contribution in [2.24, 2.45) is 0 Å². The van der Waals surface area contributed by atoms with Crippen LogP contribution in [0.3, 0.4) is 0 Å². The molecule has 0 fully saturated rings. The van der Waals surface area contributed by atoms with Crippen LogP contribution < -0.4 is 19.5 Å². The molecule has 0 radical (unpaired) electrons. The fraction of sp³-hybridized carbons (Fsp3) is 0.208. The van der Waals surface area contributed by atoms with Gasteiger partial charge in [0.2, 0.25) is 0 Å². The Morgan fingerprint density at radius 1 is 0.828 bits per heavy atom. The molecule has 150 valence electrons. The van der Waals surface area contributed by atoms with Gasteiger partial charge in [-0.15, -0.1) is 0 Å². The van der Waals surface area contributed by atoms with Crippen LogP contribution in [0.2, 0.25) is 0 Å². The highest BCUT2D eigenvalue weighted by molar-refractivity contribution is 5.78. The van der Waals surface area contributed by atoms with Crippen LogP contribution in [0.5, 0.6) is 17.2 Å². The molecule has 3 rings (SSSR count). The van der Waals surface area contributed by atoms with Crippen molar-refractivity contribution < 1.29 is 19.0 Å². The SMILES string of the molecule is COc1ccc(C(NC(=O)COc2ccccc2C)c2ccc(OC)cc2)cc1. The van der Waals surface area contributed by atoms with Crippen LogP contribution in [0.4, 0.5) is 0 Å². The summed E-state index contributed by atoms with van der Waals surface area (Å²) in [6, 6.07) is 22.6. The van der Waals surface area contributed by atoms with Crippen molar-refractivity contribution in [1.29, 1.82) is 0 Å². The van der Waals surface area contributed by atoms with E-state index in [-0.39, 0.29) is 18.6 Å². The minimum atomic E-state index is -0.320. The first-order valence-corrected chi connectivity index (χ1v) is 9.36. The van der Waals surface area contributed by atoms with Crippen LogP contribution in [0.25, 0.3) is 0 Å². The van der Waals surface area contributed by atoms with E-state index in [9.17, 15) is 4.79 Å². The van der Waals surface area contributed by atoms with Crippen LogP contribution in [0, 0.1) is 6.92 Å². The first-order chi connectivity index (χ1) is 14.1. The maximum atomic E-state index is 12.6. The zero-order valence-electron chi connectivity index (χ0n) is 16.8. The van der Waals surface area contributed by atoms with Gasteiger partial charge in [-0.3, -0.25) is 4.79 Å². The lowest BCUT2D eigenvalue weighted by molar-refractivity contribution is -0.123. The molecule has 3 aromatic carbocycles. The molecule has 0 heterocycles. The number of para-hydroxylation sites is 1. The number of aryl methyl sites for hydroxylation is 1. The Balaban J connectivity index is 1.78.